The van der Waals surface area contributed by atoms with E-state index in [-0.39, 0.29) is 5.58 Å². The highest BCUT2D eigenvalue weighted by molar-refractivity contribution is 9.10. The van der Waals surface area contributed by atoms with Crippen molar-refractivity contribution in [1.82, 2.24) is 0 Å². The van der Waals surface area contributed by atoms with Gasteiger partial charge in [-0.15, -0.1) is 0 Å². The summed E-state index contributed by atoms with van der Waals surface area (Å²) in [5.41, 5.74) is 1.91. The fraction of sp³-hybridized carbons (Fsp3) is 0.125. The highest BCUT2D eigenvalue weighted by atomic mass is 79.9. The van der Waals surface area contributed by atoms with Gasteiger partial charge in [0.15, 0.2) is 11.4 Å². The third-order valence-corrected chi connectivity index (χ3v) is 4.17. The molecule has 0 saturated heterocycles. The monoisotopic (exact) mass is 334 g/mol. The smallest absolute Gasteiger partial charge is 0.170 e. The Kier molecular flexibility index (Phi) is 3.36. The SMILES string of the molecule is Cc1cc(C(O)c2cc3cccc(F)c3o2)ccc1Br. The van der Waals surface area contributed by atoms with Crippen LogP contribution in [0.1, 0.15) is 23.0 Å². The van der Waals surface area contributed by atoms with Crippen LogP contribution >= 0.6 is 15.9 Å². The van der Waals surface area contributed by atoms with Gasteiger partial charge in [0.2, 0.25) is 0 Å². The Morgan fingerprint density at radius 1 is 1.20 bits per heavy atom. The second kappa shape index (κ2) is 5.04. The zero-order valence-electron chi connectivity index (χ0n) is 10.7. The van der Waals surface area contributed by atoms with Crippen LogP contribution in [0.2, 0.25) is 0 Å². The molecule has 0 saturated carbocycles. The molecule has 0 aliphatic rings. The van der Waals surface area contributed by atoms with Crippen LogP contribution in [0.5, 0.6) is 0 Å². The molecule has 0 spiro atoms. The van der Waals surface area contributed by atoms with Crippen LogP contribution in [0, 0.1) is 12.7 Å². The largest absolute Gasteiger partial charge is 0.455 e. The first-order valence-electron chi connectivity index (χ1n) is 6.18. The lowest BCUT2D eigenvalue weighted by Crippen LogP contribution is -1.98. The summed E-state index contributed by atoms with van der Waals surface area (Å²) < 4.78 is 20.0. The molecule has 0 aliphatic heterocycles. The minimum absolute atomic E-state index is 0.176. The molecule has 1 aromatic heterocycles. The first-order valence-corrected chi connectivity index (χ1v) is 6.97. The van der Waals surface area contributed by atoms with E-state index in [2.05, 4.69) is 15.9 Å². The molecule has 3 rings (SSSR count). The average Bonchev–Trinajstić information content (AvgIpc) is 2.86. The van der Waals surface area contributed by atoms with E-state index in [9.17, 15) is 9.50 Å². The lowest BCUT2D eigenvalue weighted by molar-refractivity contribution is 0.192. The van der Waals surface area contributed by atoms with Crippen molar-refractivity contribution in [2.24, 2.45) is 0 Å². The van der Waals surface area contributed by atoms with E-state index in [1.54, 1.807) is 18.2 Å². The number of benzene rings is 2. The summed E-state index contributed by atoms with van der Waals surface area (Å²) in [7, 11) is 0. The standard InChI is InChI=1S/C16H12BrFO2/c1-9-7-10(5-6-12(9)17)15(19)14-8-11-3-2-4-13(18)16(11)20-14/h2-8,15,19H,1H3. The number of fused-ring (bicyclic) bond motifs is 1. The Balaban J connectivity index is 2.05. The van der Waals surface area contributed by atoms with Crippen LogP contribution in [-0.4, -0.2) is 5.11 Å². The zero-order valence-corrected chi connectivity index (χ0v) is 12.3. The second-order valence-electron chi connectivity index (χ2n) is 4.72. The predicted octanol–water partition coefficient (Wildman–Crippen LogP) is 4.72. The minimum Gasteiger partial charge on any atom is -0.455 e. The number of halogens is 2. The van der Waals surface area contributed by atoms with Gasteiger partial charge in [0.1, 0.15) is 11.9 Å². The lowest BCUT2D eigenvalue weighted by atomic mass is 10.0. The molecule has 0 bridgehead atoms. The van der Waals surface area contributed by atoms with Crippen LogP contribution in [-0.2, 0) is 0 Å². The van der Waals surface area contributed by atoms with Crippen LogP contribution in [0.25, 0.3) is 11.0 Å². The van der Waals surface area contributed by atoms with E-state index in [4.69, 9.17) is 4.42 Å². The van der Waals surface area contributed by atoms with Crippen LogP contribution < -0.4 is 0 Å². The topological polar surface area (TPSA) is 33.4 Å². The van der Waals surface area contributed by atoms with Gasteiger partial charge >= 0.3 is 0 Å². The molecule has 1 heterocycles. The molecule has 2 nitrogen and oxygen atoms in total. The van der Waals surface area contributed by atoms with Crippen molar-refractivity contribution in [2.75, 3.05) is 0 Å². The van der Waals surface area contributed by atoms with Gasteiger partial charge in [0, 0.05) is 9.86 Å². The van der Waals surface area contributed by atoms with E-state index < -0.39 is 11.9 Å². The molecule has 102 valence electrons. The summed E-state index contributed by atoms with van der Waals surface area (Å²) in [5.74, 6) is -0.0836. The molecule has 0 aliphatic carbocycles. The van der Waals surface area contributed by atoms with Gasteiger partial charge in [-0.1, -0.05) is 40.2 Å². The summed E-state index contributed by atoms with van der Waals surface area (Å²) in [4.78, 5) is 0. The Labute approximate surface area is 124 Å². The molecule has 1 N–H and O–H groups in total. The molecule has 0 amide bonds. The molecular formula is C16H12BrFO2. The first-order chi connectivity index (χ1) is 9.56. The van der Waals surface area contributed by atoms with Gasteiger partial charge < -0.3 is 9.52 Å². The summed E-state index contributed by atoms with van der Waals surface area (Å²) >= 11 is 3.42. The molecule has 0 radical (unpaired) electrons. The third kappa shape index (κ3) is 2.25. The Hall–Kier alpha value is -1.65. The summed E-state index contributed by atoms with van der Waals surface area (Å²) in [5, 5.41) is 11.0. The summed E-state index contributed by atoms with van der Waals surface area (Å²) in [6.45, 7) is 1.94. The highest BCUT2D eigenvalue weighted by Crippen LogP contribution is 2.30. The number of aryl methyl sites for hydroxylation is 1. The van der Waals surface area contributed by atoms with Gasteiger partial charge in [-0.25, -0.2) is 4.39 Å². The number of aliphatic hydroxyl groups is 1. The average molecular weight is 335 g/mol. The number of rotatable bonds is 2. The first kappa shape index (κ1) is 13.3. The van der Waals surface area contributed by atoms with Crippen molar-refractivity contribution in [3.63, 3.8) is 0 Å². The Morgan fingerprint density at radius 3 is 2.70 bits per heavy atom. The van der Waals surface area contributed by atoms with Crippen molar-refractivity contribution >= 4 is 26.9 Å². The van der Waals surface area contributed by atoms with Crippen LogP contribution in [0.3, 0.4) is 0 Å². The van der Waals surface area contributed by atoms with E-state index in [1.807, 2.05) is 25.1 Å². The van der Waals surface area contributed by atoms with Crippen LogP contribution in [0.4, 0.5) is 4.39 Å². The van der Waals surface area contributed by atoms with E-state index >= 15 is 0 Å². The minimum atomic E-state index is -0.909. The number of para-hydroxylation sites is 1. The molecule has 0 fully saturated rings. The highest BCUT2D eigenvalue weighted by Gasteiger charge is 2.17. The maximum absolute atomic E-state index is 13.6. The van der Waals surface area contributed by atoms with Gasteiger partial charge in [0.05, 0.1) is 0 Å². The van der Waals surface area contributed by atoms with E-state index in [0.717, 1.165) is 10.0 Å². The van der Waals surface area contributed by atoms with Crippen molar-refractivity contribution in [3.05, 3.63) is 69.6 Å². The number of hydrogen-bond acceptors (Lipinski definition) is 2. The predicted molar refractivity (Wildman–Crippen MR) is 79.1 cm³/mol. The third-order valence-electron chi connectivity index (χ3n) is 3.28. The lowest BCUT2D eigenvalue weighted by Gasteiger charge is -2.09. The molecule has 1 unspecified atom stereocenters. The fourth-order valence-electron chi connectivity index (χ4n) is 2.18. The quantitative estimate of drug-likeness (QED) is 0.735. The summed E-state index contributed by atoms with van der Waals surface area (Å²) in [6.07, 6.45) is -0.909. The fourth-order valence-corrected chi connectivity index (χ4v) is 2.43. The molecular weight excluding hydrogens is 323 g/mol. The normalized spacial score (nSPS) is 12.8. The van der Waals surface area contributed by atoms with Gasteiger partial charge in [0.25, 0.3) is 0 Å². The van der Waals surface area contributed by atoms with Crippen molar-refractivity contribution in [1.29, 1.82) is 0 Å². The molecule has 3 aromatic rings. The zero-order chi connectivity index (χ0) is 14.3. The molecule has 20 heavy (non-hydrogen) atoms. The van der Waals surface area contributed by atoms with E-state index in [0.29, 0.717) is 16.7 Å². The van der Waals surface area contributed by atoms with Crippen molar-refractivity contribution in [3.8, 4) is 0 Å². The second-order valence-corrected chi connectivity index (χ2v) is 5.57. The summed E-state index contributed by atoms with van der Waals surface area (Å²) in [6, 6.07) is 11.9. The van der Waals surface area contributed by atoms with Gasteiger partial charge in [-0.05, 0) is 36.2 Å². The molecule has 4 heteroatoms. The van der Waals surface area contributed by atoms with Gasteiger partial charge in [-0.3, -0.25) is 0 Å². The maximum atomic E-state index is 13.6. The number of aliphatic hydroxyl groups excluding tert-OH is 1. The molecule has 2 aromatic carbocycles. The Bertz CT molecular complexity index is 779. The van der Waals surface area contributed by atoms with Crippen molar-refractivity contribution in [2.45, 2.75) is 13.0 Å². The van der Waals surface area contributed by atoms with Crippen LogP contribution in [0.15, 0.2) is 51.4 Å². The van der Waals surface area contributed by atoms with E-state index in [1.165, 1.54) is 6.07 Å². The maximum Gasteiger partial charge on any atom is 0.170 e. The molecule has 1 atom stereocenters. The van der Waals surface area contributed by atoms with Crippen molar-refractivity contribution < 1.29 is 13.9 Å². The Morgan fingerprint density at radius 2 is 2.00 bits per heavy atom. The number of hydrogen-bond donors (Lipinski definition) is 1. The number of furan rings is 1. The van der Waals surface area contributed by atoms with Gasteiger partial charge in [-0.2, -0.15) is 0 Å².